The number of phenolic OH excluding ortho intramolecular Hbond substituents is 1. The van der Waals surface area contributed by atoms with Gasteiger partial charge in [0.05, 0.1) is 11.9 Å². The summed E-state index contributed by atoms with van der Waals surface area (Å²) >= 11 is 0. The Hall–Kier alpha value is -3.08. The fraction of sp³-hybridized carbons (Fsp3) is 0. The molecule has 0 unspecified atom stereocenters. The first-order valence-corrected chi connectivity index (χ1v) is 6.48. The zero-order valence-electron chi connectivity index (χ0n) is 10.9. The molecule has 2 N–H and O–H groups in total. The van der Waals surface area contributed by atoms with E-state index in [-0.39, 0.29) is 5.75 Å². The standard InChI is InChI=1S/C16H11N3O2/c20-16-11-4-2-1-3-10(11)5-6-12(16)13-7-14(19-18-13)15-8-17-9-21-15/h1-9,20H,(H,18,19). The number of phenols is 1. The van der Waals surface area contributed by atoms with Crippen LogP contribution in [0.3, 0.4) is 0 Å². The number of aromatic amines is 1. The van der Waals surface area contributed by atoms with Gasteiger partial charge in [0.15, 0.2) is 12.2 Å². The van der Waals surface area contributed by atoms with Gasteiger partial charge in [0, 0.05) is 10.9 Å². The Balaban J connectivity index is 1.85. The molecule has 0 amide bonds. The Morgan fingerprint density at radius 2 is 2.00 bits per heavy atom. The van der Waals surface area contributed by atoms with E-state index in [1.165, 1.54) is 6.39 Å². The fourth-order valence-corrected chi connectivity index (χ4v) is 2.40. The summed E-state index contributed by atoms with van der Waals surface area (Å²) in [6.45, 7) is 0. The number of benzene rings is 2. The average molecular weight is 277 g/mol. The molecule has 0 saturated carbocycles. The molecule has 5 nitrogen and oxygen atoms in total. The summed E-state index contributed by atoms with van der Waals surface area (Å²) in [4.78, 5) is 3.88. The molecule has 0 aliphatic heterocycles. The van der Waals surface area contributed by atoms with Crippen LogP contribution in [0.1, 0.15) is 0 Å². The molecule has 4 rings (SSSR count). The van der Waals surface area contributed by atoms with Gasteiger partial charge in [-0.3, -0.25) is 5.10 Å². The maximum Gasteiger partial charge on any atom is 0.181 e. The van der Waals surface area contributed by atoms with Crippen molar-refractivity contribution in [2.24, 2.45) is 0 Å². The van der Waals surface area contributed by atoms with Crippen LogP contribution in [0.2, 0.25) is 0 Å². The van der Waals surface area contributed by atoms with Crippen molar-refractivity contribution in [3.8, 4) is 28.5 Å². The summed E-state index contributed by atoms with van der Waals surface area (Å²) in [5.41, 5.74) is 2.05. The summed E-state index contributed by atoms with van der Waals surface area (Å²) in [6, 6.07) is 13.3. The Morgan fingerprint density at radius 3 is 2.86 bits per heavy atom. The van der Waals surface area contributed by atoms with Crippen molar-refractivity contribution in [2.45, 2.75) is 0 Å². The third-order valence-corrected chi connectivity index (χ3v) is 3.45. The monoisotopic (exact) mass is 277 g/mol. The highest BCUT2D eigenvalue weighted by Gasteiger charge is 2.13. The number of rotatable bonds is 2. The Bertz CT molecular complexity index is 910. The van der Waals surface area contributed by atoms with Crippen LogP contribution in [0.25, 0.3) is 33.5 Å². The van der Waals surface area contributed by atoms with Crippen molar-refractivity contribution >= 4 is 10.8 Å². The molecule has 5 heteroatoms. The lowest BCUT2D eigenvalue weighted by Crippen LogP contribution is -1.81. The minimum Gasteiger partial charge on any atom is -0.507 e. The van der Waals surface area contributed by atoms with E-state index in [1.54, 1.807) is 6.20 Å². The number of aromatic nitrogens is 3. The predicted octanol–water partition coefficient (Wildman–Crippen LogP) is 3.59. The van der Waals surface area contributed by atoms with E-state index in [0.717, 1.165) is 16.5 Å². The molecule has 0 bridgehead atoms. The lowest BCUT2D eigenvalue weighted by atomic mass is 10.0. The molecular formula is C16H11N3O2. The van der Waals surface area contributed by atoms with Crippen LogP contribution in [0, 0.1) is 0 Å². The number of hydrogen-bond donors (Lipinski definition) is 2. The molecule has 0 spiro atoms. The molecule has 0 aliphatic carbocycles. The molecule has 2 heterocycles. The SMILES string of the molecule is Oc1c(-c2cc(-c3cnco3)[nH]n2)ccc2ccccc12. The van der Waals surface area contributed by atoms with Gasteiger partial charge >= 0.3 is 0 Å². The third kappa shape index (κ3) is 1.87. The number of nitrogens with zero attached hydrogens (tertiary/aromatic N) is 2. The molecule has 102 valence electrons. The summed E-state index contributed by atoms with van der Waals surface area (Å²) in [5.74, 6) is 0.831. The maximum atomic E-state index is 10.5. The predicted molar refractivity (Wildman–Crippen MR) is 78.7 cm³/mol. The average Bonchev–Trinajstić information content (AvgIpc) is 3.19. The van der Waals surface area contributed by atoms with E-state index >= 15 is 0 Å². The van der Waals surface area contributed by atoms with Crippen LogP contribution < -0.4 is 0 Å². The second kappa shape index (κ2) is 4.49. The van der Waals surface area contributed by atoms with Gasteiger partial charge in [-0.1, -0.05) is 30.3 Å². The number of oxazole rings is 1. The first-order chi connectivity index (χ1) is 10.3. The van der Waals surface area contributed by atoms with Crippen molar-refractivity contribution in [1.29, 1.82) is 0 Å². The smallest absolute Gasteiger partial charge is 0.181 e. The molecule has 4 aromatic rings. The van der Waals surface area contributed by atoms with E-state index in [4.69, 9.17) is 4.42 Å². The van der Waals surface area contributed by atoms with Gasteiger partial charge in [0.25, 0.3) is 0 Å². The number of H-pyrrole nitrogens is 1. The highest BCUT2D eigenvalue weighted by molar-refractivity contribution is 5.94. The van der Waals surface area contributed by atoms with Gasteiger partial charge in [0.2, 0.25) is 0 Å². The van der Waals surface area contributed by atoms with E-state index in [9.17, 15) is 5.11 Å². The van der Waals surface area contributed by atoms with Crippen LogP contribution >= 0.6 is 0 Å². The van der Waals surface area contributed by atoms with E-state index < -0.39 is 0 Å². The minimum absolute atomic E-state index is 0.226. The molecule has 2 aromatic heterocycles. The van der Waals surface area contributed by atoms with Crippen molar-refractivity contribution in [3.05, 3.63) is 55.1 Å². The van der Waals surface area contributed by atoms with Gasteiger partial charge in [-0.2, -0.15) is 5.10 Å². The molecule has 0 aliphatic rings. The fourth-order valence-electron chi connectivity index (χ4n) is 2.40. The molecule has 0 fully saturated rings. The number of fused-ring (bicyclic) bond motifs is 1. The van der Waals surface area contributed by atoms with E-state index in [2.05, 4.69) is 15.2 Å². The Kier molecular flexibility index (Phi) is 2.50. The third-order valence-electron chi connectivity index (χ3n) is 3.45. The van der Waals surface area contributed by atoms with Crippen molar-refractivity contribution in [3.63, 3.8) is 0 Å². The second-order valence-electron chi connectivity index (χ2n) is 4.72. The van der Waals surface area contributed by atoms with Gasteiger partial charge in [-0.15, -0.1) is 0 Å². The lowest BCUT2D eigenvalue weighted by Gasteiger charge is -2.05. The second-order valence-corrected chi connectivity index (χ2v) is 4.72. The van der Waals surface area contributed by atoms with Gasteiger partial charge in [0.1, 0.15) is 11.4 Å². The molecule has 2 aromatic carbocycles. The van der Waals surface area contributed by atoms with Crippen LogP contribution in [0.15, 0.2) is 59.5 Å². The highest BCUT2D eigenvalue weighted by Crippen LogP contribution is 2.35. The zero-order chi connectivity index (χ0) is 14.2. The van der Waals surface area contributed by atoms with Gasteiger partial charge < -0.3 is 9.52 Å². The van der Waals surface area contributed by atoms with Gasteiger partial charge in [-0.25, -0.2) is 4.98 Å². The summed E-state index contributed by atoms with van der Waals surface area (Å²) in [5, 5.41) is 19.4. The summed E-state index contributed by atoms with van der Waals surface area (Å²) in [6.07, 6.45) is 2.97. The van der Waals surface area contributed by atoms with Gasteiger partial charge in [-0.05, 0) is 17.5 Å². The Labute approximate surface area is 119 Å². The normalized spacial score (nSPS) is 11.0. The molecular weight excluding hydrogens is 266 g/mol. The summed E-state index contributed by atoms with van der Waals surface area (Å²) in [7, 11) is 0. The van der Waals surface area contributed by atoms with Crippen molar-refractivity contribution < 1.29 is 9.52 Å². The summed E-state index contributed by atoms with van der Waals surface area (Å²) < 4.78 is 5.22. The maximum absolute atomic E-state index is 10.5. The number of aromatic hydroxyl groups is 1. The first-order valence-electron chi connectivity index (χ1n) is 6.48. The van der Waals surface area contributed by atoms with E-state index in [0.29, 0.717) is 17.0 Å². The molecule has 0 atom stereocenters. The topological polar surface area (TPSA) is 74.9 Å². The van der Waals surface area contributed by atoms with Crippen LogP contribution in [0.5, 0.6) is 5.75 Å². The van der Waals surface area contributed by atoms with Crippen LogP contribution in [-0.2, 0) is 0 Å². The number of hydrogen-bond acceptors (Lipinski definition) is 4. The quantitative estimate of drug-likeness (QED) is 0.587. The van der Waals surface area contributed by atoms with E-state index in [1.807, 2.05) is 42.5 Å². The van der Waals surface area contributed by atoms with Crippen molar-refractivity contribution in [1.82, 2.24) is 15.2 Å². The van der Waals surface area contributed by atoms with Crippen molar-refractivity contribution in [2.75, 3.05) is 0 Å². The highest BCUT2D eigenvalue weighted by atomic mass is 16.3. The number of nitrogens with one attached hydrogen (secondary N) is 1. The minimum atomic E-state index is 0.226. The Morgan fingerprint density at radius 1 is 1.10 bits per heavy atom. The van der Waals surface area contributed by atoms with Crippen LogP contribution in [0.4, 0.5) is 0 Å². The first kappa shape index (κ1) is 11.7. The molecule has 0 radical (unpaired) electrons. The lowest BCUT2D eigenvalue weighted by molar-refractivity contribution is 0.483. The largest absolute Gasteiger partial charge is 0.507 e. The molecule has 21 heavy (non-hydrogen) atoms. The zero-order valence-corrected chi connectivity index (χ0v) is 10.9. The molecule has 0 saturated heterocycles. The van der Waals surface area contributed by atoms with Crippen LogP contribution in [-0.4, -0.2) is 20.3 Å².